The molecule has 0 aliphatic carbocycles. The Morgan fingerprint density at radius 1 is 1.09 bits per heavy atom. The van der Waals surface area contributed by atoms with Crippen LogP contribution in [-0.2, 0) is 0 Å². The molecule has 0 saturated carbocycles. The number of benzene rings is 2. The lowest BCUT2D eigenvalue weighted by Gasteiger charge is -2.11. The lowest BCUT2D eigenvalue weighted by atomic mass is 10.0. The van der Waals surface area contributed by atoms with Gasteiger partial charge in [-0.1, -0.05) is 15.9 Å². The Kier molecular flexibility index (Phi) is 3.20. The van der Waals surface area contributed by atoms with Crippen molar-refractivity contribution in [2.75, 3.05) is 6.79 Å². The van der Waals surface area contributed by atoms with Crippen molar-refractivity contribution in [2.45, 2.75) is 0 Å². The third kappa shape index (κ3) is 2.41. The summed E-state index contributed by atoms with van der Waals surface area (Å²) in [6, 6.07) is 12.2. The zero-order valence-electron chi connectivity index (χ0n) is 11.7. The molecule has 6 heteroatoms. The molecule has 0 N–H and O–H groups in total. The summed E-state index contributed by atoms with van der Waals surface area (Å²) in [5.41, 5.74) is 1.98. The SMILES string of the molecule is O=C([O-])c1cc(-c2ccc3c(c2)OCO3)nc2ccc(Br)cc12. The quantitative estimate of drug-likeness (QED) is 0.693. The Hall–Kier alpha value is -2.60. The molecule has 4 rings (SSSR count). The zero-order valence-corrected chi connectivity index (χ0v) is 13.3. The van der Waals surface area contributed by atoms with E-state index in [4.69, 9.17) is 9.47 Å². The third-order valence-electron chi connectivity index (χ3n) is 3.66. The number of pyridine rings is 1. The minimum Gasteiger partial charge on any atom is -0.545 e. The number of nitrogens with zero attached hydrogens (tertiary/aromatic N) is 1. The van der Waals surface area contributed by atoms with Crippen molar-refractivity contribution in [3.05, 3.63) is 52.5 Å². The van der Waals surface area contributed by atoms with Crippen molar-refractivity contribution in [1.82, 2.24) is 4.98 Å². The van der Waals surface area contributed by atoms with Crippen molar-refractivity contribution < 1.29 is 19.4 Å². The average molecular weight is 371 g/mol. The molecule has 5 nitrogen and oxygen atoms in total. The van der Waals surface area contributed by atoms with Gasteiger partial charge in [-0.2, -0.15) is 0 Å². The summed E-state index contributed by atoms with van der Waals surface area (Å²) in [6.07, 6.45) is 0. The smallest absolute Gasteiger partial charge is 0.231 e. The molecule has 0 saturated heterocycles. The molecule has 0 unspecified atom stereocenters. The molecule has 0 fully saturated rings. The van der Waals surface area contributed by atoms with Crippen LogP contribution in [0.3, 0.4) is 0 Å². The van der Waals surface area contributed by atoms with E-state index in [0.29, 0.717) is 28.1 Å². The molecule has 0 bridgehead atoms. The van der Waals surface area contributed by atoms with Crippen LogP contribution in [0.4, 0.5) is 0 Å². The number of carboxylic acids is 1. The lowest BCUT2D eigenvalue weighted by molar-refractivity contribution is -0.254. The molecule has 0 atom stereocenters. The molecule has 2 aromatic carbocycles. The summed E-state index contributed by atoms with van der Waals surface area (Å²) >= 11 is 3.34. The first-order valence-corrected chi connectivity index (χ1v) is 7.63. The third-order valence-corrected chi connectivity index (χ3v) is 4.15. The van der Waals surface area contributed by atoms with Crippen LogP contribution in [-0.4, -0.2) is 17.7 Å². The number of hydrogen-bond acceptors (Lipinski definition) is 5. The average Bonchev–Trinajstić information content (AvgIpc) is 3.01. The van der Waals surface area contributed by atoms with Crippen molar-refractivity contribution in [2.24, 2.45) is 0 Å². The first-order valence-electron chi connectivity index (χ1n) is 6.83. The fraction of sp³-hybridized carbons (Fsp3) is 0.0588. The maximum atomic E-state index is 11.5. The van der Waals surface area contributed by atoms with Gasteiger partial charge >= 0.3 is 0 Å². The highest BCUT2D eigenvalue weighted by Crippen LogP contribution is 2.36. The van der Waals surface area contributed by atoms with Crippen molar-refractivity contribution in [3.8, 4) is 22.8 Å². The second kappa shape index (κ2) is 5.24. The van der Waals surface area contributed by atoms with E-state index in [0.717, 1.165) is 10.0 Å². The van der Waals surface area contributed by atoms with Crippen LogP contribution in [0.2, 0.25) is 0 Å². The first-order chi connectivity index (χ1) is 11.1. The summed E-state index contributed by atoms with van der Waals surface area (Å²) < 4.78 is 11.4. The second-order valence-corrected chi connectivity index (χ2v) is 5.99. The fourth-order valence-electron chi connectivity index (χ4n) is 2.57. The summed E-state index contributed by atoms with van der Waals surface area (Å²) in [4.78, 5) is 16.0. The number of ether oxygens (including phenoxy) is 2. The van der Waals surface area contributed by atoms with Gasteiger partial charge in [-0.25, -0.2) is 4.98 Å². The van der Waals surface area contributed by atoms with Gasteiger partial charge in [0, 0.05) is 21.0 Å². The normalized spacial score (nSPS) is 12.6. The Labute approximate surface area is 139 Å². The highest BCUT2D eigenvalue weighted by molar-refractivity contribution is 9.10. The molecule has 23 heavy (non-hydrogen) atoms. The number of halogens is 1. The van der Waals surface area contributed by atoms with E-state index in [9.17, 15) is 9.90 Å². The summed E-state index contributed by atoms with van der Waals surface area (Å²) in [6.45, 7) is 0.183. The number of carbonyl (C=O) groups excluding carboxylic acids is 1. The van der Waals surface area contributed by atoms with E-state index in [1.807, 2.05) is 12.1 Å². The number of carboxylic acid groups (broad SMARTS) is 1. The molecule has 1 aliphatic heterocycles. The van der Waals surface area contributed by atoms with Gasteiger partial charge in [-0.15, -0.1) is 0 Å². The summed E-state index contributed by atoms with van der Waals surface area (Å²) in [5, 5.41) is 12.0. The number of hydrogen-bond donors (Lipinski definition) is 0. The molecule has 114 valence electrons. The van der Waals surface area contributed by atoms with E-state index in [1.54, 1.807) is 24.3 Å². The molecular formula is C17H9BrNO4-. The van der Waals surface area contributed by atoms with Gasteiger partial charge in [0.25, 0.3) is 0 Å². The van der Waals surface area contributed by atoms with Gasteiger partial charge in [0.05, 0.1) is 17.2 Å². The highest BCUT2D eigenvalue weighted by Gasteiger charge is 2.15. The van der Waals surface area contributed by atoms with Gasteiger partial charge in [-0.3, -0.25) is 0 Å². The lowest BCUT2D eigenvalue weighted by Crippen LogP contribution is -2.22. The van der Waals surface area contributed by atoms with Crippen LogP contribution >= 0.6 is 15.9 Å². The predicted octanol–water partition coefficient (Wildman–Crippen LogP) is 2.76. The van der Waals surface area contributed by atoms with Crippen LogP contribution in [0.25, 0.3) is 22.2 Å². The fourth-order valence-corrected chi connectivity index (χ4v) is 2.93. The number of aromatic carboxylic acids is 1. The largest absolute Gasteiger partial charge is 0.545 e. The van der Waals surface area contributed by atoms with Gasteiger partial charge in [-0.05, 0) is 42.5 Å². The predicted molar refractivity (Wildman–Crippen MR) is 85.3 cm³/mol. The van der Waals surface area contributed by atoms with E-state index in [1.165, 1.54) is 6.07 Å². The van der Waals surface area contributed by atoms with E-state index >= 15 is 0 Å². The van der Waals surface area contributed by atoms with Gasteiger partial charge in [0.2, 0.25) is 6.79 Å². The van der Waals surface area contributed by atoms with Crippen LogP contribution in [0.1, 0.15) is 10.4 Å². The molecule has 1 aromatic heterocycles. The Morgan fingerprint density at radius 2 is 1.91 bits per heavy atom. The molecular weight excluding hydrogens is 362 g/mol. The molecule has 0 amide bonds. The molecule has 3 aromatic rings. The molecule has 1 aliphatic rings. The standard InChI is InChI=1S/C17H10BrNO4/c18-10-2-3-13-11(6-10)12(17(20)21)7-14(19-13)9-1-4-15-16(5-9)23-8-22-15/h1-7H,8H2,(H,20,21)/p-1. The van der Waals surface area contributed by atoms with Crippen molar-refractivity contribution in [3.63, 3.8) is 0 Å². The van der Waals surface area contributed by atoms with Gasteiger partial charge < -0.3 is 19.4 Å². The number of rotatable bonds is 2. The maximum Gasteiger partial charge on any atom is 0.231 e. The summed E-state index contributed by atoms with van der Waals surface area (Å²) in [5.74, 6) is 0.0475. The minimum absolute atomic E-state index is 0.101. The highest BCUT2D eigenvalue weighted by atomic mass is 79.9. The minimum atomic E-state index is -1.24. The van der Waals surface area contributed by atoms with Crippen molar-refractivity contribution in [1.29, 1.82) is 0 Å². The first kappa shape index (κ1) is 14.0. The Balaban J connectivity index is 1.94. The number of carbonyl (C=O) groups is 1. The monoisotopic (exact) mass is 370 g/mol. The Morgan fingerprint density at radius 3 is 2.74 bits per heavy atom. The number of fused-ring (bicyclic) bond motifs is 2. The van der Waals surface area contributed by atoms with Gasteiger partial charge in [0.15, 0.2) is 11.5 Å². The van der Waals surface area contributed by atoms with Crippen LogP contribution in [0.5, 0.6) is 11.5 Å². The van der Waals surface area contributed by atoms with Crippen molar-refractivity contribution >= 4 is 32.8 Å². The molecule has 0 spiro atoms. The van der Waals surface area contributed by atoms with Crippen LogP contribution < -0.4 is 14.6 Å². The second-order valence-electron chi connectivity index (χ2n) is 5.07. The summed E-state index contributed by atoms with van der Waals surface area (Å²) in [7, 11) is 0. The van der Waals surface area contributed by atoms with Crippen LogP contribution in [0.15, 0.2) is 46.9 Å². The van der Waals surface area contributed by atoms with E-state index < -0.39 is 5.97 Å². The van der Waals surface area contributed by atoms with E-state index in [-0.39, 0.29) is 12.4 Å². The zero-order chi connectivity index (χ0) is 16.0. The van der Waals surface area contributed by atoms with Gasteiger partial charge in [0.1, 0.15) is 0 Å². The molecule has 0 radical (unpaired) electrons. The Bertz CT molecular complexity index is 955. The number of aromatic nitrogens is 1. The molecule has 2 heterocycles. The van der Waals surface area contributed by atoms with Crippen LogP contribution in [0, 0.1) is 0 Å². The topological polar surface area (TPSA) is 71.5 Å². The van der Waals surface area contributed by atoms with E-state index in [2.05, 4.69) is 20.9 Å². The maximum absolute atomic E-state index is 11.5.